The minimum absolute atomic E-state index is 0.0632. The number of nitrogens with zero attached hydrogens (tertiary/aromatic N) is 1. The Hall–Kier alpha value is -2.04. The number of carbonyl (C=O) groups is 1. The first-order valence-electron chi connectivity index (χ1n) is 5.04. The maximum Gasteiger partial charge on any atom is 0.296 e. The van der Waals surface area contributed by atoms with Crippen molar-refractivity contribution in [2.75, 3.05) is 6.61 Å². The van der Waals surface area contributed by atoms with Gasteiger partial charge in [-0.1, -0.05) is 6.07 Å². The minimum atomic E-state index is -0.689. The van der Waals surface area contributed by atoms with E-state index in [9.17, 15) is 4.79 Å². The highest BCUT2D eigenvalue weighted by molar-refractivity contribution is 5.98. The van der Waals surface area contributed by atoms with Gasteiger partial charge in [0.15, 0.2) is 0 Å². The Labute approximate surface area is 91.9 Å². The molecule has 2 aliphatic rings. The molecule has 82 valence electrons. The molecule has 1 unspecified atom stereocenters. The van der Waals surface area contributed by atoms with Gasteiger partial charge in [0.25, 0.3) is 11.9 Å². The van der Waals surface area contributed by atoms with Crippen molar-refractivity contribution in [1.29, 1.82) is 0 Å². The van der Waals surface area contributed by atoms with E-state index in [0.717, 1.165) is 23.3 Å². The average Bonchev–Trinajstić information content (AvgIpc) is 2.83. The largest absolute Gasteiger partial charge is 0.493 e. The summed E-state index contributed by atoms with van der Waals surface area (Å²) in [6, 6.07) is 5.51. The van der Waals surface area contributed by atoms with E-state index in [2.05, 4.69) is 4.99 Å². The van der Waals surface area contributed by atoms with Crippen molar-refractivity contribution in [3.63, 3.8) is 0 Å². The van der Waals surface area contributed by atoms with Gasteiger partial charge in [-0.25, -0.2) is 0 Å². The Kier molecular flexibility index (Phi) is 1.86. The first kappa shape index (κ1) is 9.21. The molecule has 0 fully saturated rings. The Morgan fingerprint density at radius 3 is 3.06 bits per heavy atom. The summed E-state index contributed by atoms with van der Waals surface area (Å²) in [5, 5.41) is 0. The number of nitrogens with two attached hydrogens (primary N) is 1. The Morgan fingerprint density at radius 1 is 1.44 bits per heavy atom. The second-order valence-corrected chi connectivity index (χ2v) is 3.75. The molecule has 2 N–H and O–H groups in total. The highest BCUT2D eigenvalue weighted by Crippen LogP contribution is 2.31. The van der Waals surface area contributed by atoms with Crippen LogP contribution in [0, 0.1) is 0 Å². The molecule has 0 bridgehead atoms. The quantitative estimate of drug-likeness (QED) is 0.746. The number of hydrogen-bond donors (Lipinski definition) is 1. The van der Waals surface area contributed by atoms with E-state index in [4.69, 9.17) is 15.2 Å². The van der Waals surface area contributed by atoms with Crippen LogP contribution in [0.1, 0.15) is 17.2 Å². The van der Waals surface area contributed by atoms with Gasteiger partial charge in [0, 0.05) is 12.0 Å². The van der Waals surface area contributed by atoms with Gasteiger partial charge in [-0.15, -0.1) is 0 Å². The zero-order valence-corrected chi connectivity index (χ0v) is 8.47. The van der Waals surface area contributed by atoms with Crippen LogP contribution < -0.4 is 10.5 Å². The molecule has 0 saturated heterocycles. The number of carbonyl (C=O) groups excluding carboxylic acids is 1. The zero-order chi connectivity index (χ0) is 11.1. The van der Waals surface area contributed by atoms with Gasteiger partial charge >= 0.3 is 0 Å². The summed E-state index contributed by atoms with van der Waals surface area (Å²) in [6.07, 6.45) is 0.173. The number of aliphatic imine (C=N–C) groups is 1. The predicted octanol–water partition coefficient (Wildman–Crippen LogP) is 0.534. The third-order valence-corrected chi connectivity index (χ3v) is 2.70. The topological polar surface area (TPSA) is 73.9 Å². The standard InChI is InChI=1S/C11H10N2O3/c12-11-13-10(14)9(16-11)7-1-2-8-6(5-7)3-4-15-8/h1-2,5,9H,3-4H2,(H2,12,13,14). The van der Waals surface area contributed by atoms with Crippen LogP contribution in [-0.4, -0.2) is 18.5 Å². The van der Waals surface area contributed by atoms with E-state index in [1.807, 2.05) is 12.1 Å². The number of benzene rings is 1. The minimum Gasteiger partial charge on any atom is -0.493 e. The van der Waals surface area contributed by atoms with Gasteiger partial charge in [0.2, 0.25) is 6.10 Å². The highest BCUT2D eigenvalue weighted by atomic mass is 16.5. The molecule has 16 heavy (non-hydrogen) atoms. The Balaban J connectivity index is 1.94. The molecule has 0 aromatic heterocycles. The van der Waals surface area contributed by atoms with Gasteiger partial charge in [0.05, 0.1) is 6.61 Å². The summed E-state index contributed by atoms with van der Waals surface area (Å²) in [4.78, 5) is 15.0. The second kappa shape index (κ2) is 3.23. The first-order valence-corrected chi connectivity index (χ1v) is 5.04. The molecule has 2 aliphatic heterocycles. The molecule has 0 saturated carbocycles. The normalized spacial score (nSPS) is 22.4. The Morgan fingerprint density at radius 2 is 2.31 bits per heavy atom. The summed E-state index contributed by atoms with van der Waals surface area (Å²) >= 11 is 0. The summed E-state index contributed by atoms with van der Waals surface area (Å²) in [5.74, 6) is 0.527. The predicted molar refractivity (Wildman–Crippen MR) is 56.1 cm³/mol. The first-order chi connectivity index (χ1) is 7.74. The van der Waals surface area contributed by atoms with Gasteiger partial charge in [-0.05, 0) is 17.7 Å². The molecule has 1 amide bonds. The molecule has 1 aromatic carbocycles. The van der Waals surface area contributed by atoms with E-state index < -0.39 is 6.10 Å². The van der Waals surface area contributed by atoms with E-state index in [-0.39, 0.29) is 11.9 Å². The molecular weight excluding hydrogens is 208 g/mol. The third kappa shape index (κ3) is 1.32. The lowest BCUT2D eigenvalue weighted by atomic mass is 10.0. The number of amides is 1. The fourth-order valence-electron chi connectivity index (χ4n) is 1.94. The van der Waals surface area contributed by atoms with Crippen molar-refractivity contribution < 1.29 is 14.3 Å². The molecule has 0 aliphatic carbocycles. The summed E-state index contributed by atoms with van der Waals surface area (Å²) in [5.41, 5.74) is 7.22. The number of fused-ring (bicyclic) bond motifs is 1. The fourth-order valence-corrected chi connectivity index (χ4v) is 1.94. The molecule has 5 nitrogen and oxygen atoms in total. The van der Waals surface area contributed by atoms with Crippen LogP contribution in [0.5, 0.6) is 5.75 Å². The SMILES string of the molecule is NC1=NC(=O)C(c2ccc3c(c2)CCO3)O1. The van der Waals surface area contributed by atoms with Crippen LogP contribution in [0.3, 0.4) is 0 Å². The van der Waals surface area contributed by atoms with Crippen molar-refractivity contribution in [2.24, 2.45) is 10.7 Å². The van der Waals surface area contributed by atoms with E-state index in [1.165, 1.54) is 0 Å². The third-order valence-electron chi connectivity index (χ3n) is 2.70. The van der Waals surface area contributed by atoms with Crippen molar-refractivity contribution in [1.82, 2.24) is 0 Å². The molecule has 3 rings (SSSR count). The molecular formula is C11H10N2O3. The van der Waals surface area contributed by atoms with Crippen LogP contribution in [0.15, 0.2) is 23.2 Å². The van der Waals surface area contributed by atoms with Crippen LogP contribution in [0.2, 0.25) is 0 Å². The fraction of sp³-hybridized carbons (Fsp3) is 0.273. The van der Waals surface area contributed by atoms with Crippen LogP contribution in [-0.2, 0) is 16.0 Å². The van der Waals surface area contributed by atoms with Crippen molar-refractivity contribution in [3.05, 3.63) is 29.3 Å². The summed E-state index contributed by atoms with van der Waals surface area (Å²) < 4.78 is 10.5. The van der Waals surface area contributed by atoms with Crippen LogP contribution >= 0.6 is 0 Å². The molecule has 1 aromatic rings. The van der Waals surface area contributed by atoms with Gasteiger partial charge in [-0.2, -0.15) is 4.99 Å². The maximum atomic E-state index is 11.5. The molecule has 1 atom stereocenters. The van der Waals surface area contributed by atoms with Gasteiger partial charge in [-0.3, -0.25) is 4.79 Å². The van der Waals surface area contributed by atoms with E-state index >= 15 is 0 Å². The monoisotopic (exact) mass is 218 g/mol. The van der Waals surface area contributed by atoms with Crippen molar-refractivity contribution in [2.45, 2.75) is 12.5 Å². The number of ether oxygens (including phenoxy) is 2. The molecule has 0 spiro atoms. The van der Waals surface area contributed by atoms with Crippen LogP contribution in [0.4, 0.5) is 0 Å². The van der Waals surface area contributed by atoms with E-state index in [1.54, 1.807) is 6.07 Å². The summed E-state index contributed by atoms with van der Waals surface area (Å²) in [7, 11) is 0. The molecule has 2 heterocycles. The molecule has 0 radical (unpaired) electrons. The Bertz CT molecular complexity index is 496. The lowest BCUT2D eigenvalue weighted by Gasteiger charge is -2.09. The smallest absolute Gasteiger partial charge is 0.296 e. The summed E-state index contributed by atoms with van der Waals surface area (Å²) in [6.45, 7) is 0.691. The lowest BCUT2D eigenvalue weighted by molar-refractivity contribution is -0.122. The number of amidine groups is 1. The van der Waals surface area contributed by atoms with Crippen LogP contribution in [0.25, 0.3) is 0 Å². The maximum absolute atomic E-state index is 11.5. The molecule has 5 heteroatoms. The van der Waals surface area contributed by atoms with Crippen molar-refractivity contribution in [3.8, 4) is 5.75 Å². The lowest BCUT2D eigenvalue weighted by Crippen LogP contribution is -2.14. The zero-order valence-electron chi connectivity index (χ0n) is 8.47. The van der Waals surface area contributed by atoms with Gasteiger partial charge < -0.3 is 15.2 Å². The highest BCUT2D eigenvalue weighted by Gasteiger charge is 2.30. The number of hydrogen-bond acceptors (Lipinski definition) is 4. The number of rotatable bonds is 1. The van der Waals surface area contributed by atoms with Gasteiger partial charge in [0.1, 0.15) is 5.75 Å². The van der Waals surface area contributed by atoms with Crippen molar-refractivity contribution >= 4 is 11.9 Å². The average molecular weight is 218 g/mol. The van der Waals surface area contributed by atoms with E-state index in [0.29, 0.717) is 6.61 Å². The second-order valence-electron chi connectivity index (χ2n) is 3.75.